The first-order chi connectivity index (χ1) is 17.5. The number of nitro groups is 1. The Morgan fingerprint density at radius 2 is 1.97 bits per heavy atom. The number of hydrogen-bond acceptors (Lipinski definition) is 10. The molecule has 1 aromatic carbocycles. The lowest BCUT2D eigenvalue weighted by Crippen LogP contribution is -2.70. The normalized spacial score (nSPS) is 19.2. The molecule has 1 fully saturated rings. The summed E-state index contributed by atoms with van der Waals surface area (Å²) < 4.78 is 38.6. The third kappa shape index (κ3) is 6.34. The van der Waals surface area contributed by atoms with E-state index in [1.54, 1.807) is 6.07 Å². The van der Waals surface area contributed by atoms with Gasteiger partial charge in [-0.15, -0.1) is 23.1 Å². The summed E-state index contributed by atoms with van der Waals surface area (Å²) in [5.74, 6) is -1.72. The first kappa shape index (κ1) is 26.7. The van der Waals surface area contributed by atoms with Crippen LogP contribution in [0.5, 0.6) is 0 Å². The molecule has 196 valence electrons. The Bertz CT molecular complexity index is 1360. The SMILES string of the molecule is O=C(Cc1cccs1)NC1C(=O)N2C(C(=O)OCc3ccc([N+](=O)[O-])cc3)=C(CNS(=O)(=O)O)CS[C@@H]12. The molecule has 0 aliphatic carbocycles. The van der Waals surface area contributed by atoms with E-state index in [9.17, 15) is 32.9 Å². The van der Waals surface area contributed by atoms with Crippen molar-refractivity contribution in [1.82, 2.24) is 14.9 Å². The number of thioether (sulfide) groups is 1. The van der Waals surface area contributed by atoms with E-state index in [0.29, 0.717) is 5.56 Å². The smallest absolute Gasteiger partial charge is 0.355 e. The van der Waals surface area contributed by atoms with Crippen molar-refractivity contribution in [1.29, 1.82) is 0 Å². The molecule has 3 heterocycles. The molecule has 2 aliphatic rings. The molecule has 0 radical (unpaired) electrons. The monoisotopic (exact) mass is 568 g/mol. The van der Waals surface area contributed by atoms with Gasteiger partial charge >= 0.3 is 16.3 Å². The van der Waals surface area contributed by atoms with Gasteiger partial charge in [-0.1, -0.05) is 6.07 Å². The number of carbonyl (C=O) groups is 3. The molecule has 2 amide bonds. The Hall–Kier alpha value is -3.31. The average molecular weight is 569 g/mol. The number of esters is 1. The molecule has 2 aliphatic heterocycles. The second-order valence-corrected chi connectivity index (χ2v) is 11.3. The van der Waals surface area contributed by atoms with E-state index in [-0.39, 0.29) is 41.6 Å². The summed E-state index contributed by atoms with van der Waals surface area (Å²) in [7, 11) is -4.58. The molecule has 4 rings (SSSR count). The molecule has 2 aromatic rings. The van der Waals surface area contributed by atoms with Gasteiger partial charge in [-0.05, 0) is 34.7 Å². The molecule has 0 saturated carbocycles. The Labute approximate surface area is 218 Å². The van der Waals surface area contributed by atoms with Crippen molar-refractivity contribution >= 4 is 56.9 Å². The first-order valence-corrected chi connectivity index (χ1v) is 14.0. The molecular weight excluding hydrogens is 548 g/mol. The number of nitrogens with one attached hydrogen (secondary N) is 2. The molecule has 0 bridgehead atoms. The van der Waals surface area contributed by atoms with E-state index in [0.717, 1.165) is 9.78 Å². The molecule has 13 nitrogen and oxygen atoms in total. The lowest BCUT2D eigenvalue weighted by Gasteiger charge is -2.49. The van der Waals surface area contributed by atoms with Crippen LogP contribution in [-0.4, -0.2) is 64.3 Å². The minimum atomic E-state index is -4.58. The van der Waals surface area contributed by atoms with Crippen molar-refractivity contribution in [3.05, 3.63) is 73.6 Å². The molecule has 2 atom stereocenters. The van der Waals surface area contributed by atoms with Gasteiger partial charge in [0.05, 0.1) is 11.3 Å². The summed E-state index contributed by atoms with van der Waals surface area (Å²) in [4.78, 5) is 50.6. The molecule has 0 spiro atoms. The predicted molar refractivity (Wildman–Crippen MR) is 133 cm³/mol. The maximum Gasteiger partial charge on any atom is 0.355 e. The van der Waals surface area contributed by atoms with Crippen molar-refractivity contribution in [2.75, 3.05) is 12.3 Å². The number of nitro benzene ring substituents is 1. The molecule has 16 heteroatoms. The van der Waals surface area contributed by atoms with Crippen LogP contribution in [0.25, 0.3) is 0 Å². The van der Waals surface area contributed by atoms with Gasteiger partial charge in [0, 0.05) is 29.3 Å². The van der Waals surface area contributed by atoms with Crippen LogP contribution in [-0.2, 0) is 42.5 Å². The van der Waals surface area contributed by atoms with Crippen molar-refractivity contribution in [3.63, 3.8) is 0 Å². The number of hydrogen-bond donors (Lipinski definition) is 3. The maximum absolute atomic E-state index is 13.0. The summed E-state index contributed by atoms with van der Waals surface area (Å²) in [6.07, 6.45) is 0.0995. The van der Waals surface area contributed by atoms with Gasteiger partial charge in [-0.2, -0.15) is 13.1 Å². The number of fused-ring (bicyclic) bond motifs is 1. The zero-order valence-corrected chi connectivity index (χ0v) is 21.3. The lowest BCUT2D eigenvalue weighted by atomic mass is 10.0. The zero-order chi connectivity index (χ0) is 26.7. The number of benzene rings is 1. The van der Waals surface area contributed by atoms with E-state index >= 15 is 0 Å². The third-order valence-corrected chi connectivity index (χ3v) is 8.18. The van der Waals surface area contributed by atoms with Crippen molar-refractivity contribution in [2.45, 2.75) is 24.4 Å². The molecule has 37 heavy (non-hydrogen) atoms. The van der Waals surface area contributed by atoms with Gasteiger partial charge in [0.25, 0.3) is 11.6 Å². The van der Waals surface area contributed by atoms with Crippen LogP contribution in [0.2, 0.25) is 0 Å². The van der Waals surface area contributed by atoms with Gasteiger partial charge in [0.2, 0.25) is 5.91 Å². The topological polar surface area (TPSA) is 185 Å². The Kier molecular flexibility index (Phi) is 7.93. The van der Waals surface area contributed by atoms with Crippen LogP contribution >= 0.6 is 23.1 Å². The van der Waals surface area contributed by atoms with E-state index in [1.165, 1.54) is 47.4 Å². The number of thiophene rings is 1. The van der Waals surface area contributed by atoms with Crippen LogP contribution in [0.4, 0.5) is 5.69 Å². The highest BCUT2D eigenvalue weighted by Crippen LogP contribution is 2.40. The minimum Gasteiger partial charge on any atom is -0.456 e. The summed E-state index contributed by atoms with van der Waals surface area (Å²) in [5.41, 5.74) is 0.328. The second-order valence-electron chi connectivity index (χ2n) is 7.96. The van der Waals surface area contributed by atoms with Crippen LogP contribution in [0.15, 0.2) is 53.0 Å². The third-order valence-electron chi connectivity index (χ3n) is 5.46. The minimum absolute atomic E-state index is 0.0995. The van der Waals surface area contributed by atoms with Crippen LogP contribution in [0, 0.1) is 10.1 Å². The fourth-order valence-electron chi connectivity index (χ4n) is 3.71. The molecule has 1 saturated heterocycles. The van der Waals surface area contributed by atoms with E-state index in [4.69, 9.17) is 9.29 Å². The molecular formula is C21H20N4O9S3. The highest BCUT2D eigenvalue weighted by atomic mass is 32.2. The maximum atomic E-state index is 13.0. The summed E-state index contributed by atoms with van der Waals surface area (Å²) in [6.45, 7) is -0.708. The number of amides is 2. The highest BCUT2D eigenvalue weighted by Gasteiger charge is 2.54. The Morgan fingerprint density at radius 3 is 2.59 bits per heavy atom. The molecule has 1 unspecified atom stereocenters. The van der Waals surface area contributed by atoms with Crippen molar-refractivity contribution < 1.29 is 37.0 Å². The van der Waals surface area contributed by atoms with Crippen LogP contribution < -0.4 is 10.0 Å². The highest BCUT2D eigenvalue weighted by molar-refractivity contribution is 8.00. The van der Waals surface area contributed by atoms with Crippen molar-refractivity contribution in [2.24, 2.45) is 0 Å². The summed E-state index contributed by atoms with van der Waals surface area (Å²) in [5, 5.41) is 14.7. The molecule has 3 N–H and O–H groups in total. The lowest BCUT2D eigenvalue weighted by molar-refractivity contribution is -0.384. The largest absolute Gasteiger partial charge is 0.456 e. The number of rotatable bonds is 10. The van der Waals surface area contributed by atoms with Crippen molar-refractivity contribution in [3.8, 4) is 0 Å². The first-order valence-electron chi connectivity index (χ1n) is 10.6. The average Bonchev–Trinajstić information content (AvgIpc) is 3.36. The fourth-order valence-corrected chi connectivity index (χ4v) is 6.12. The Morgan fingerprint density at radius 1 is 1.24 bits per heavy atom. The number of ether oxygens (including phenoxy) is 1. The molecule has 1 aromatic heterocycles. The van der Waals surface area contributed by atoms with Crippen LogP contribution in [0.1, 0.15) is 10.4 Å². The van der Waals surface area contributed by atoms with E-state index in [1.807, 2.05) is 16.2 Å². The number of nitrogens with zero attached hydrogens (tertiary/aromatic N) is 2. The van der Waals surface area contributed by atoms with E-state index in [2.05, 4.69) is 5.32 Å². The zero-order valence-electron chi connectivity index (χ0n) is 18.9. The number of non-ortho nitro benzene ring substituents is 1. The standard InChI is InChI=1S/C21H20N4O9S3/c26-16(8-15-2-1-7-35-15)23-17-19(27)24-18(13(11-36-20(17)24)9-22-37(31,32)33)21(28)34-10-12-3-5-14(6-4-12)25(29)30/h1-7,17,20,22H,8-11H2,(H,23,26)(H,31,32,33)/t17?,20-/m0/s1. The summed E-state index contributed by atoms with van der Waals surface area (Å²) in [6, 6.07) is 8.04. The second kappa shape index (κ2) is 11.0. The fraction of sp³-hybridized carbons (Fsp3) is 0.286. The Balaban J connectivity index is 1.49. The van der Waals surface area contributed by atoms with Gasteiger partial charge in [0.1, 0.15) is 23.7 Å². The van der Waals surface area contributed by atoms with Gasteiger partial charge in [-0.25, -0.2) is 4.79 Å². The van der Waals surface area contributed by atoms with Gasteiger partial charge < -0.3 is 10.1 Å². The van der Waals surface area contributed by atoms with Crippen LogP contribution in [0.3, 0.4) is 0 Å². The van der Waals surface area contributed by atoms with Gasteiger partial charge in [0.15, 0.2) is 0 Å². The predicted octanol–water partition coefficient (Wildman–Crippen LogP) is 0.989. The number of β-lactam (4-membered cyclic amide) rings is 1. The van der Waals surface area contributed by atoms with Gasteiger partial charge in [-0.3, -0.25) is 29.2 Å². The number of carbonyl (C=O) groups excluding carboxylic acids is 3. The van der Waals surface area contributed by atoms with E-state index < -0.39 is 45.1 Å². The quantitative estimate of drug-likeness (QED) is 0.123. The summed E-state index contributed by atoms with van der Waals surface area (Å²) >= 11 is 2.63.